The fourth-order valence-corrected chi connectivity index (χ4v) is 3.43. The van der Waals surface area contributed by atoms with Crippen LogP contribution in [0.4, 0.5) is 8.78 Å². The van der Waals surface area contributed by atoms with E-state index in [0.717, 1.165) is 0 Å². The van der Waals surface area contributed by atoms with Crippen LogP contribution in [0.3, 0.4) is 0 Å². The number of nitrogens with one attached hydrogen (secondary N) is 2. The van der Waals surface area contributed by atoms with Crippen LogP contribution >= 0.6 is 35.3 Å². The molecule has 2 N–H and O–H groups in total. The van der Waals surface area contributed by atoms with Crippen molar-refractivity contribution in [3.05, 3.63) is 57.8 Å². The Morgan fingerprint density at radius 1 is 1.25 bits per heavy atom. The Labute approximate surface area is 161 Å². The van der Waals surface area contributed by atoms with E-state index >= 15 is 0 Å². The number of hydrogen-bond donors (Lipinski definition) is 2. The van der Waals surface area contributed by atoms with Crippen LogP contribution in [0.5, 0.6) is 0 Å². The first-order valence-corrected chi connectivity index (χ1v) is 8.45. The van der Waals surface area contributed by atoms with Crippen molar-refractivity contribution in [3.8, 4) is 0 Å². The summed E-state index contributed by atoms with van der Waals surface area (Å²) < 4.78 is 27.6. The number of guanidine groups is 1. The lowest BCUT2D eigenvalue weighted by Crippen LogP contribution is -2.40. The number of benzene rings is 1. The zero-order chi connectivity index (χ0) is 16.4. The van der Waals surface area contributed by atoms with Crippen molar-refractivity contribution >= 4 is 41.3 Å². The fraction of sp³-hybridized carbons (Fsp3) is 0.353. The van der Waals surface area contributed by atoms with Crippen LogP contribution in [0.1, 0.15) is 35.7 Å². The van der Waals surface area contributed by atoms with E-state index in [1.54, 1.807) is 18.4 Å². The Hall–Kier alpha value is -1.22. The molecule has 1 aromatic heterocycles. The molecule has 2 aromatic rings. The molecule has 1 aliphatic carbocycles. The Kier molecular flexibility index (Phi) is 6.56. The Balaban J connectivity index is 0.00000208. The molecule has 1 aromatic carbocycles. The summed E-state index contributed by atoms with van der Waals surface area (Å²) in [6.07, 6.45) is 0.700. The van der Waals surface area contributed by atoms with Crippen LogP contribution in [0.2, 0.25) is 0 Å². The first-order valence-electron chi connectivity index (χ1n) is 7.57. The second-order valence-electron chi connectivity index (χ2n) is 5.68. The van der Waals surface area contributed by atoms with Crippen molar-refractivity contribution in [2.45, 2.75) is 31.3 Å². The molecular weight excluding hydrogens is 443 g/mol. The van der Waals surface area contributed by atoms with Gasteiger partial charge in [0.05, 0.1) is 6.04 Å². The number of aliphatic imine (C=N–C) groups is 1. The van der Waals surface area contributed by atoms with Crippen molar-refractivity contribution in [1.29, 1.82) is 0 Å². The van der Waals surface area contributed by atoms with E-state index in [2.05, 4.69) is 28.6 Å². The van der Waals surface area contributed by atoms with Crippen LogP contribution in [-0.2, 0) is 0 Å². The minimum Gasteiger partial charge on any atom is -0.353 e. The minimum atomic E-state index is -0.478. The van der Waals surface area contributed by atoms with Gasteiger partial charge in [-0.15, -0.1) is 35.3 Å². The lowest BCUT2D eigenvalue weighted by atomic mass is 10.1. The molecule has 1 saturated carbocycles. The topological polar surface area (TPSA) is 36.4 Å². The molecule has 24 heavy (non-hydrogen) atoms. The van der Waals surface area contributed by atoms with Crippen LogP contribution in [0.25, 0.3) is 0 Å². The molecule has 130 valence electrons. The summed E-state index contributed by atoms with van der Waals surface area (Å²) in [5.74, 6) is -0.453. The highest BCUT2D eigenvalue weighted by molar-refractivity contribution is 14.0. The molecule has 1 heterocycles. The van der Waals surface area contributed by atoms with Crippen LogP contribution < -0.4 is 10.6 Å². The van der Waals surface area contributed by atoms with E-state index in [1.165, 1.54) is 23.1 Å². The summed E-state index contributed by atoms with van der Waals surface area (Å²) in [5, 5.41) is 8.58. The van der Waals surface area contributed by atoms with Gasteiger partial charge in [0.25, 0.3) is 0 Å². The maximum absolute atomic E-state index is 13.8. The number of halogens is 3. The van der Waals surface area contributed by atoms with Gasteiger partial charge < -0.3 is 10.6 Å². The van der Waals surface area contributed by atoms with Gasteiger partial charge in [-0.05, 0) is 36.9 Å². The summed E-state index contributed by atoms with van der Waals surface area (Å²) >= 11 is 1.67. The Morgan fingerprint density at radius 2 is 1.96 bits per heavy atom. The number of rotatable bonds is 4. The SMILES string of the molecule is CN=C(NC(C)c1cccs1)NC1CC1c1c(F)cccc1F.I. The van der Waals surface area contributed by atoms with Gasteiger partial charge in [-0.2, -0.15) is 0 Å². The minimum absolute atomic E-state index is 0. The largest absolute Gasteiger partial charge is 0.353 e. The van der Waals surface area contributed by atoms with Crippen molar-refractivity contribution < 1.29 is 8.78 Å². The highest BCUT2D eigenvalue weighted by atomic mass is 127. The fourth-order valence-electron chi connectivity index (χ4n) is 2.70. The predicted octanol–water partition coefficient (Wildman–Crippen LogP) is 4.43. The summed E-state index contributed by atoms with van der Waals surface area (Å²) in [4.78, 5) is 5.41. The summed E-state index contributed by atoms with van der Waals surface area (Å²) in [6.45, 7) is 2.06. The van der Waals surface area contributed by atoms with Gasteiger partial charge in [-0.1, -0.05) is 12.1 Å². The Morgan fingerprint density at radius 3 is 2.54 bits per heavy atom. The van der Waals surface area contributed by atoms with E-state index in [-0.39, 0.29) is 47.5 Å². The molecule has 1 aliphatic rings. The number of thiophene rings is 1. The molecule has 7 heteroatoms. The highest BCUT2D eigenvalue weighted by Gasteiger charge is 2.42. The monoisotopic (exact) mass is 463 g/mol. The molecule has 3 atom stereocenters. The quantitative estimate of drug-likeness (QED) is 0.400. The average Bonchev–Trinajstić information content (AvgIpc) is 3.04. The van der Waals surface area contributed by atoms with Gasteiger partial charge >= 0.3 is 0 Å². The zero-order valence-electron chi connectivity index (χ0n) is 13.4. The molecule has 3 unspecified atom stereocenters. The zero-order valence-corrected chi connectivity index (χ0v) is 16.6. The summed E-state index contributed by atoms with van der Waals surface area (Å²) in [5.41, 5.74) is 0.173. The smallest absolute Gasteiger partial charge is 0.191 e. The van der Waals surface area contributed by atoms with Gasteiger partial charge in [0.15, 0.2) is 5.96 Å². The third-order valence-electron chi connectivity index (χ3n) is 4.03. The normalized spacial score (nSPS) is 20.9. The van der Waals surface area contributed by atoms with Crippen LogP contribution in [-0.4, -0.2) is 19.0 Å². The molecule has 0 spiro atoms. The molecule has 0 amide bonds. The van der Waals surface area contributed by atoms with Gasteiger partial charge in [-0.25, -0.2) is 8.78 Å². The highest BCUT2D eigenvalue weighted by Crippen LogP contribution is 2.43. The van der Waals surface area contributed by atoms with Gasteiger partial charge in [0, 0.05) is 29.4 Å². The van der Waals surface area contributed by atoms with E-state index in [1.807, 2.05) is 11.4 Å². The Bertz CT molecular complexity index is 686. The molecule has 3 rings (SSSR count). The molecule has 0 aliphatic heterocycles. The molecule has 3 nitrogen and oxygen atoms in total. The molecular formula is C17H20F2IN3S. The summed E-state index contributed by atoms with van der Waals surface area (Å²) in [7, 11) is 1.69. The van der Waals surface area contributed by atoms with Crippen LogP contribution in [0, 0.1) is 11.6 Å². The van der Waals surface area contributed by atoms with E-state index in [9.17, 15) is 8.78 Å². The van der Waals surface area contributed by atoms with Crippen molar-refractivity contribution in [2.24, 2.45) is 4.99 Å². The number of hydrogen-bond acceptors (Lipinski definition) is 2. The maximum Gasteiger partial charge on any atom is 0.191 e. The molecule has 0 radical (unpaired) electrons. The summed E-state index contributed by atoms with van der Waals surface area (Å²) in [6, 6.07) is 8.20. The van der Waals surface area contributed by atoms with E-state index in [0.29, 0.717) is 12.4 Å². The molecule has 0 bridgehead atoms. The lowest BCUT2D eigenvalue weighted by Gasteiger charge is -2.17. The predicted molar refractivity (Wildman–Crippen MR) is 105 cm³/mol. The van der Waals surface area contributed by atoms with Gasteiger partial charge in [0.1, 0.15) is 11.6 Å². The third-order valence-corrected chi connectivity index (χ3v) is 5.08. The van der Waals surface area contributed by atoms with E-state index in [4.69, 9.17) is 0 Å². The van der Waals surface area contributed by atoms with Crippen molar-refractivity contribution in [1.82, 2.24) is 10.6 Å². The second-order valence-corrected chi connectivity index (χ2v) is 6.66. The third kappa shape index (κ3) is 4.24. The molecule has 0 saturated heterocycles. The first-order chi connectivity index (χ1) is 11.1. The average molecular weight is 463 g/mol. The first kappa shape index (κ1) is 19.1. The second kappa shape index (κ2) is 8.24. The van der Waals surface area contributed by atoms with Crippen molar-refractivity contribution in [2.75, 3.05) is 7.05 Å². The lowest BCUT2D eigenvalue weighted by molar-refractivity contribution is 0.553. The molecule has 1 fully saturated rings. The maximum atomic E-state index is 13.8. The standard InChI is InChI=1S/C17H19F2N3S.HI/c1-10(15-7-4-8-23-15)21-17(20-2)22-14-9-11(14)16-12(18)5-3-6-13(16)19;/h3-8,10-11,14H,9H2,1-2H3,(H2,20,21,22);1H. The number of nitrogens with zero attached hydrogens (tertiary/aromatic N) is 1. The van der Waals surface area contributed by atoms with Gasteiger partial charge in [-0.3, -0.25) is 4.99 Å². The van der Waals surface area contributed by atoms with E-state index < -0.39 is 11.6 Å². The van der Waals surface area contributed by atoms with Crippen molar-refractivity contribution in [3.63, 3.8) is 0 Å². The van der Waals surface area contributed by atoms with Crippen LogP contribution in [0.15, 0.2) is 40.7 Å². The van der Waals surface area contributed by atoms with Gasteiger partial charge in [0.2, 0.25) is 0 Å².